The Balaban J connectivity index is 1.53. The number of anilines is 2. The van der Waals surface area contributed by atoms with Crippen LogP contribution >= 0.6 is 0 Å². The average Bonchev–Trinajstić information content (AvgIpc) is 2.70. The van der Waals surface area contributed by atoms with E-state index in [9.17, 15) is 9.59 Å². The molecule has 2 heterocycles. The van der Waals surface area contributed by atoms with Crippen LogP contribution in [0.15, 0.2) is 42.6 Å². The minimum absolute atomic E-state index is 0.124. The third-order valence-electron chi connectivity index (χ3n) is 4.92. The SMILES string of the molecule is CCc1cccc(C)c1NC(=O)CC(=O)N1CCN(c2ccccn2)CC1. The highest BCUT2D eigenvalue weighted by Crippen LogP contribution is 2.21. The van der Waals surface area contributed by atoms with Crippen LogP contribution in [-0.4, -0.2) is 47.9 Å². The van der Waals surface area contributed by atoms with Crippen LogP contribution in [0.1, 0.15) is 24.5 Å². The third kappa shape index (κ3) is 4.64. The first-order valence-electron chi connectivity index (χ1n) is 9.40. The number of carbonyl (C=O) groups excluding carboxylic acids is 2. The standard InChI is InChI=1S/C21H26N4O2/c1-3-17-8-6-7-16(2)21(17)23-19(26)15-20(27)25-13-11-24(12-14-25)18-9-4-5-10-22-18/h4-10H,3,11-15H2,1-2H3,(H,23,26). The highest BCUT2D eigenvalue weighted by molar-refractivity contribution is 6.04. The van der Waals surface area contributed by atoms with Gasteiger partial charge in [0.2, 0.25) is 11.8 Å². The number of para-hydroxylation sites is 1. The van der Waals surface area contributed by atoms with Gasteiger partial charge in [-0.05, 0) is 36.6 Å². The monoisotopic (exact) mass is 366 g/mol. The van der Waals surface area contributed by atoms with Crippen molar-refractivity contribution in [3.8, 4) is 0 Å². The maximum atomic E-state index is 12.5. The van der Waals surface area contributed by atoms with E-state index >= 15 is 0 Å². The Bertz CT molecular complexity index is 799. The lowest BCUT2D eigenvalue weighted by Crippen LogP contribution is -2.49. The van der Waals surface area contributed by atoms with Gasteiger partial charge < -0.3 is 15.1 Å². The lowest BCUT2D eigenvalue weighted by atomic mass is 10.1. The molecule has 0 radical (unpaired) electrons. The number of benzene rings is 1. The number of carbonyl (C=O) groups is 2. The first kappa shape index (κ1) is 18.9. The lowest BCUT2D eigenvalue weighted by Gasteiger charge is -2.35. The smallest absolute Gasteiger partial charge is 0.233 e. The fourth-order valence-electron chi connectivity index (χ4n) is 3.36. The van der Waals surface area contributed by atoms with Gasteiger partial charge in [-0.3, -0.25) is 9.59 Å². The van der Waals surface area contributed by atoms with Gasteiger partial charge in [0.1, 0.15) is 12.2 Å². The second-order valence-corrected chi connectivity index (χ2v) is 6.74. The Hall–Kier alpha value is -2.89. The molecule has 0 spiro atoms. The molecule has 2 aromatic rings. The summed E-state index contributed by atoms with van der Waals surface area (Å²) in [5.41, 5.74) is 2.93. The van der Waals surface area contributed by atoms with Gasteiger partial charge in [0.25, 0.3) is 0 Å². The van der Waals surface area contributed by atoms with Gasteiger partial charge in [-0.2, -0.15) is 0 Å². The molecule has 1 aliphatic rings. The summed E-state index contributed by atoms with van der Waals surface area (Å²) in [5.74, 6) is 0.546. The molecule has 0 unspecified atom stereocenters. The Kier molecular flexibility index (Phi) is 6.06. The topological polar surface area (TPSA) is 65.5 Å². The molecule has 142 valence electrons. The maximum absolute atomic E-state index is 12.5. The summed E-state index contributed by atoms with van der Waals surface area (Å²) in [4.78, 5) is 33.2. The number of aromatic nitrogens is 1. The van der Waals surface area contributed by atoms with Gasteiger partial charge in [0, 0.05) is 38.1 Å². The van der Waals surface area contributed by atoms with Crippen LogP contribution in [0.5, 0.6) is 0 Å². The van der Waals surface area contributed by atoms with Crippen LogP contribution < -0.4 is 10.2 Å². The number of rotatable bonds is 5. The molecule has 1 N–H and O–H groups in total. The Morgan fingerprint density at radius 3 is 2.52 bits per heavy atom. The van der Waals surface area contributed by atoms with E-state index in [0.29, 0.717) is 13.1 Å². The quantitative estimate of drug-likeness (QED) is 0.826. The Morgan fingerprint density at radius 2 is 1.85 bits per heavy atom. The van der Waals surface area contributed by atoms with Crippen LogP contribution in [0.4, 0.5) is 11.5 Å². The van der Waals surface area contributed by atoms with Gasteiger partial charge in [-0.1, -0.05) is 31.2 Å². The van der Waals surface area contributed by atoms with Crippen LogP contribution in [0.2, 0.25) is 0 Å². The predicted molar refractivity (Wildman–Crippen MR) is 107 cm³/mol. The fraction of sp³-hybridized carbons (Fsp3) is 0.381. The van der Waals surface area contributed by atoms with E-state index in [1.54, 1.807) is 11.1 Å². The van der Waals surface area contributed by atoms with Crippen LogP contribution in [0.3, 0.4) is 0 Å². The second-order valence-electron chi connectivity index (χ2n) is 6.74. The van der Waals surface area contributed by atoms with Crippen molar-refractivity contribution in [2.24, 2.45) is 0 Å². The molecule has 6 heteroatoms. The molecule has 1 saturated heterocycles. The summed E-state index contributed by atoms with van der Waals surface area (Å²) in [5, 5.41) is 2.93. The van der Waals surface area contributed by atoms with Gasteiger partial charge in [-0.25, -0.2) is 4.98 Å². The molecule has 1 fully saturated rings. The molecular formula is C21H26N4O2. The number of amides is 2. The molecule has 0 atom stereocenters. The largest absolute Gasteiger partial charge is 0.353 e. The third-order valence-corrected chi connectivity index (χ3v) is 4.92. The average molecular weight is 366 g/mol. The van der Waals surface area contributed by atoms with Crippen molar-refractivity contribution in [3.63, 3.8) is 0 Å². The molecule has 3 rings (SSSR count). The molecule has 0 saturated carbocycles. The molecule has 1 aromatic carbocycles. The number of hydrogen-bond donors (Lipinski definition) is 1. The molecule has 27 heavy (non-hydrogen) atoms. The lowest BCUT2D eigenvalue weighted by molar-refractivity contribution is -0.134. The minimum Gasteiger partial charge on any atom is -0.353 e. The van der Waals surface area contributed by atoms with Crippen molar-refractivity contribution in [1.82, 2.24) is 9.88 Å². The molecule has 2 amide bonds. The fourth-order valence-corrected chi connectivity index (χ4v) is 3.36. The van der Waals surface area contributed by atoms with Crippen LogP contribution in [0.25, 0.3) is 0 Å². The number of aryl methyl sites for hydroxylation is 2. The van der Waals surface area contributed by atoms with Gasteiger partial charge in [0.05, 0.1) is 0 Å². The van der Waals surface area contributed by atoms with Crippen molar-refractivity contribution in [2.45, 2.75) is 26.7 Å². The van der Waals surface area contributed by atoms with Crippen molar-refractivity contribution < 1.29 is 9.59 Å². The summed E-state index contributed by atoms with van der Waals surface area (Å²) in [6, 6.07) is 11.8. The zero-order chi connectivity index (χ0) is 19.2. The molecule has 1 aliphatic heterocycles. The van der Waals surface area contributed by atoms with E-state index in [4.69, 9.17) is 0 Å². The van der Waals surface area contributed by atoms with E-state index in [1.807, 2.05) is 43.3 Å². The minimum atomic E-state index is -0.254. The van der Waals surface area contributed by atoms with Gasteiger partial charge in [0.15, 0.2) is 0 Å². The van der Waals surface area contributed by atoms with Crippen molar-refractivity contribution in [1.29, 1.82) is 0 Å². The molecule has 0 bridgehead atoms. The number of piperazine rings is 1. The molecule has 1 aromatic heterocycles. The number of nitrogens with zero attached hydrogens (tertiary/aromatic N) is 3. The predicted octanol–water partition coefficient (Wildman–Crippen LogP) is 2.63. The van der Waals surface area contributed by atoms with E-state index in [0.717, 1.165) is 42.1 Å². The number of hydrogen-bond acceptors (Lipinski definition) is 4. The van der Waals surface area contributed by atoms with Gasteiger partial charge >= 0.3 is 0 Å². The van der Waals surface area contributed by atoms with E-state index in [-0.39, 0.29) is 18.2 Å². The highest BCUT2D eigenvalue weighted by Gasteiger charge is 2.23. The van der Waals surface area contributed by atoms with Crippen LogP contribution in [-0.2, 0) is 16.0 Å². The molecular weight excluding hydrogens is 340 g/mol. The Labute approximate surface area is 160 Å². The van der Waals surface area contributed by atoms with Crippen molar-refractivity contribution in [3.05, 3.63) is 53.7 Å². The summed E-state index contributed by atoms with van der Waals surface area (Å²) in [6.45, 7) is 6.68. The van der Waals surface area contributed by atoms with Crippen molar-refractivity contribution in [2.75, 3.05) is 36.4 Å². The van der Waals surface area contributed by atoms with Crippen molar-refractivity contribution >= 4 is 23.3 Å². The number of pyridine rings is 1. The first-order chi connectivity index (χ1) is 13.1. The first-order valence-corrected chi connectivity index (χ1v) is 9.40. The normalized spacial score (nSPS) is 14.1. The van der Waals surface area contributed by atoms with Gasteiger partial charge in [-0.15, -0.1) is 0 Å². The molecule has 6 nitrogen and oxygen atoms in total. The summed E-state index contributed by atoms with van der Waals surface area (Å²) in [7, 11) is 0. The Morgan fingerprint density at radius 1 is 1.07 bits per heavy atom. The highest BCUT2D eigenvalue weighted by atomic mass is 16.2. The maximum Gasteiger partial charge on any atom is 0.233 e. The second kappa shape index (κ2) is 8.66. The number of nitrogens with one attached hydrogen (secondary N) is 1. The summed E-state index contributed by atoms with van der Waals surface area (Å²) >= 11 is 0. The van der Waals surface area contributed by atoms with E-state index < -0.39 is 0 Å². The van der Waals surface area contributed by atoms with Crippen LogP contribution in [0, 0.1) is 6.92 Å². The summed E-state index contributed by atoms with van der Waals surface area (Å²) < 4.78 is 0. The van der Waals surface area contributed by atoms with E-state index in [2.05, 4.69) is 22.1 Å². The zero-order valence-electron chi connectivity index (χ0n) is 15.9. The van der Waals surface area contributed by atoms with E-state index in [1.165, 1.54) is 0 Å². The molecule has 0 aliphatic carbocycles. The summed E-state index contributed by atoms with van der Waals surface area (Å²) in [6.07, 6.45) is 2.48. The zero-order valence-corrected chi connectivity index (χ0v) is 15.9.